The number of thioether (sulfide) groups is 1. The van der Waals surface area contributed by atoms with Crippen molar-refractivity contribution >= 4 is 23.6 Å². The number of rotatable bonds is 6. The molecule has 0 fully saturated rings. The highest BCUT2D eigenvalue weighted by Gasteiger charge is 2.17. The molecule has 0 aliphatic rings. The summed E-state index contributed by atoms with van der Waals surface area (Å²) in [6, 6.07) is 6.45. The second-order valence-electron chi connectivity index (χ2n) is 4.92. The third-order valence-corrected chi connectivity index (χ3v) is 4.05. The Balaban J connectivity index is 2.58. The topological polar surface area (TPSA) is 66.4 Å². The Kier molecular flexibility index (Phi) is 5.42. The smallest absolute Gasteiger partial charge is 0.335 e. The van der Waals surface area contributed by atoms with Crippen LogP contribution in [0, 0.1) is 0 Å². The summed E-state index contributed by atoms with van der Waals surface area (Å²) < 4.78 is -0.00142. The molecule has 1 aromatic rings. The van der Waals surface area contributed by atoms with Crippen LogP contribution < -0.4 is 5.32 Å². The quantitative estimate of drug-likeness (QED) is 0.839. The van der Waals surface area contributed by atoms with Crippen molar-refractivity contribution in [3.63, 3.8) is 0 Å². The number of carbonyl (C=O) groups excluding carboxylic acids is 1. The molecule has 1 aromatic carbocycles. The fraction of sp³-hybridized carbons (Fsp3) is 0.429. The summed E-state index contributed by atoms with van der Waals surface area (Å²) in [6.45, 7) is 4.71. The van der Waals surface area contributed by atoms with Gasteiger partial charge in [-0.15, -0.1) is 0 Å². The van der Waals surface area contributed by atoms with E-state index in [1.807, 2.05) is 6.26 Å². The zero-order valence-electron chi connectivity index (χ0n) is 11.4. The Bertz CT molecular complexity index is 472. The fourth-order valence-electron chi connectivity index (χ4n) is 1.45. The van der Waals surface area contributed by atoms with Crippen LogP contribution in [-0.2, 0) is 11.2 Å². The number of amides is 1. The predicted molar refractivity (Wildman–Crippen MR) is 77.7 cm³/mol. The van der Waals surface area contributed by atoms with Crippen LogP contribution >= 0.6 is 11.8 Å². The van der Waals surface area contributed by atoms with Gasteiger partial charge in [-0.3, -0.25) is 4.79 Å². The molecule has 0 saturated carbocycles. The Morgan fingerprint density at radius 2 is 2.05 bits per heavy atom. The Morgan fingerprint density at radius 1 is 1.37 bits per heavy atom. The van der Waals surface area contributed by atoms with Crippen LogP contribution in [0.4, 0.5) is 0 Å². The van der Waals surface area contributed by atoms with Crippen molar-refractivity contribution in [3.8, 4) is 0 Å². The number of benzene rings is 1. The zero-order chi connectivity index (χ0) is 14.5. The number of carboxylic acids is 1. The van der Waals surface area contributed by atoms with Crippen LogP contribution in [0.5, 0.6) is 0 Å². The molecule has 0 aliphatic heterocycles. The van der Waals surface area contributed by atoms with Crippen LogP contribution in [0.2, 0.25) is 0 Å². The highest BCUT2D eigenvalue weighted by molar-refractivity contribution is 7.99. The van der Waals surface area contributed by atoms with Crippen LogP contribution in [0.3, 0.4) is 0 Å². The largest absolute Gasteiger partial charge is 0.478 e. The van der Waals surface area contributed by atoms with E-state index in [0.29, 0.717) is 12.1 Å². The molecule has 4 nitrogen and oxygen atoms in total. The molecular weight excluding hydrogens is 262 g/mol. The first-order valence-electron chi connectivity index (χ1n) is 5.98. The minimum atomic E-state index is -0.981. The highest BCUT2D eigenvalue weighted by atomic mass is 32.2. The molecule has 1 amide bonds. The molecule has 0 saturated heterocycles. The monoisotopic (exact) mass is 281 g/mol. The summed E-state index contributed by atoms with van der Waals surface area (Å²) in [5.41, 5.74) is 0.911. The molecule has 0 aromatic heterocycles. The van der Waals surface area contributed by atoms with Crippen LogP contribution in [0.25, 0.3) is 0 Å². The van der Waals surface area contributed by atoms with E-state index in [1.54, 1.807) is 23.9 Å². The summed E-state index contributed by atoms with van der Waals surface area (Å²) in [5, 5.41) is 11.7. The van der Waals surface area contributed by atoms with E-state index in [2.05, 4.69) is 19.2 Å². The lowest BCUT2D eigenvalue weighted by Crippen LogP contribution is -2.36. The van der Waals surface area contributed by atoms with Gasteiger partial charge in [0.15, 0.2) is 0 Å². The van der Waals surface area contributed by atoms with Gasteiger partial charge in [0.25, 0.3) is 0 Å². The minimum Gasteiger partial charge on any atom is -0.478 e. The first-order chi connectivity index (χ1) is 8.84. The van der Waals surface area contributed by atoms with Gasteiger partial charge in [-0.1, -0.05) is 12.1 Å². The lowest BCUT2D eigenvalue weighted by molar-refractivity contribution is -0.120. The van der Waals surface area contributed by atoms with E-state index < -0.39 is 5.97 Å². The molecule has 2 N–H and O–H groups in total. The van der Waals surface area contributed by atoms with Gasteiger partial charge >= 0.3 is 5.97 Å². The second kappa shape index (κ2) is 6.61. The molecule has 104 valence electrons. The fourth-order valence-corrected chi connectivity index (χ4v) is 1.66. The number of hydrogen-bond acceptors (Lipinski definition) is 3. The lowest BCUT2D eigenvalue weighted by Gasteiger charge is -2.22. The third kappa shape index (κ3) is 5.34. The van der Waals surface area contributed by atoms with Crippen LogP contribution in [-0.4, -0.2) is 34.5 Å². The maximum Gasteiger partial charge on any atom is 0.335 e. The Hall–Kier alpha value is -1.49. The van der Waals surface area contributed by atoms with Crippen molar-refractivity contribution in [2.75, 3.05) is 12.8 Å². The van der Waals surface area contributed by atoms with E-state index >= 15 is 0 Å². The van der Waals surface area contributed by atoms with Crippen LogP contribution in [0.1, 0.15) is 29.8 Å². The normalized spacial score (nSPS) is 11.1. The molecule has 1 rings (SSSR count). The van der Waals surface area contributed by atoms with Gasteiger partial charge in [-0.05, 0) is 37.8 Å². The molecule has 0 atom stereocenters. The van der Waals surface area contributed by atoms with E-state index in [-0.39, 0.29) is 22.6 Å². The van der Waals surface area contributed by atoms with E-state index in [4.69, 9.17) is 5.11 Å². The van der Waals surface area contributed by atoms with Gasteiger partial charge in [0.1, 0.15) is 0 Å². The van der Waals surface area contributed by atoms with Crippen molar-refractivity contribution in [2.24, 2.45) is 0 Å². The van der Waals surface area contributed by atoms with Gasteiger partial charge in [0, 0.05) is 11.3 Å². The number of nitrogens with one attached hydrogen (secondary N) is 1. The van der Waals surface area contributed by atoms with Gasteiger partial charge < -0.3 is 10.4 Å². The molecule has 0 radical (unpaired) electrons. The number of aromatic carboxylic acids is 1. The molecule has 0 spiro atoms. The first-order valence-corrected chi connectivity index (χ1v) is 7.20. The van der Waals surface area contributed by atoms with Crippen molar-refractivity contribution in [2.45, 2.75) is 25.0 Å². The number of carboxylic acid groups (broad SMARTS) is 1. The zero-order valence-corrected chi connectivity index (χ0v) is 12.2. The van der Waals surface area contributed by atoms with Gasteiger partial charge in [-0.25, -0.2) is 4.79 Å². The lowest BCUT2D eigenvalue weighted by atomic mass is 10.1. The van der Waals surface area contributed by atoms with E-state index in [1.165, 1.54) is 12.1 Å². The summed E-state index contributed by atoms with van der Waals surface area (Å²) in [6.07, 6.45) is 2.20. The molecule has 0 unspecified atom stereocenters. The molecule has 5 heteroatoms. The number of hydrogen-bond donors (Lipinski definition) is 2. The Morgan fingerprint density at radius 3 is 2.63 bits per heavy atom. The SMILES string of the molecule is CSC(C)(C)CNC(=O)Cc1cccc(C(=O)O)c1. The number of carbonyl (C=O) groups is 2. The van der Waals surface area contributed by atoms with Gasteiger partial charge in [0.05, 0.1) is 12.0 Å². The van der Waals surface area contributed by atoms with E-state index in [9.17, 15) is 9.59 Å². The van der Waals surface area contributed by atoms with Crippen molar-refractivity contribution in [1.29, 1.82) is 0 Å². The van der Waals surface area contributed by atoms with Crippen LogP contribution in [0.15, 0.2) is 24.3 Å². The third-order valence-electron chi connectivity index (χ3n) is 2.80. The maximum absolute atomic E-state index is 11.8. The molecule has 0 aliphatic carbocycles. The molecule has 0 bridgehead atoms. The summed E-state index contributed by atoms with van der Waals surface area (Å²) >= 11 is 1.69. The average Bonchev–Trinajstić information content (AvgIpc) is 2.37. The van der Waals surface area contributed by atoms with Gasteiger partial charge in [-0.2, -0.15) is 11.8 Å². The summed E-state index contributed by atoms with van der Waals surface area (Å²) in [4.78, 5) is 22.6. The molecule has 0 heterocycles. The van der Waals surface area contributed by atoms with E-state index in [0.717, 1.165) is 0 Å². The summed E-state index contributed by atoms with van der Waals surface area (Å²) in [5.74, 6) is -1.07. The molecule has 19 heavy (non-hydrogen) atoms. The Labute approximate surface area is 117 Å². The summed E-state index contributed by atoms with van der Waals surface area (Å²) in [7, 11) is 0. The maximum atomic E-state index is 11.8. The van der Waals surface area contributed by atoms with Crippen molar-refractivity contribution in [3.05, 3.63) is 35.4 Å². The van der Waals surface area contributed by atoms with Crippen molar-refractivity contribution < 1.29 is 14.7 Å². The van der Waals surface area contributed by atoms with Crippen molar-refractivity contribution in [1.82, 2.24) is 5.32 Å². The standard InChI is InChI=1S/C14H19NO3S/c1-14(2,19-3)9-15-12(16)8-10-5-4-6-11(7-10)13(17)18/h4-7H,8-9H2,1-3H3,(H,15,16)(H,17,18). The predicted octanol–water partition coefficient (Wildman–Crippen LogP) is 2.19. The average molecular weight is 281 g/mol. The minimum absolute atomic E-state index is 0.00142. The van der Waals surface area contributed by atoms with Gasteiger partial charge in [0.2, 0.25) is 5.91 Å². The molecular formula is C14H19NO3S. The second-order valence-corrected chi connectivity index (χ2v) is 6.44. The highest BCUT2D eigenvalue weighted by Crippen LogP contribution is 2.19. The first kappa shape index (κ1) is 15.6.